The number of carbonyl (C=O) groups excluding carboxylic acids is 1. The molecule has 2 aromatic heterocycles. The molecular weight excluding hydrogens is 470 g/mol. The number of nitrogens with zero attached hydrogens (tertiary/aromatic N) is 3. The van der Waals surface area contributed by atoms with Gasteiger partial charge in [0.05, 0.1) is 21.9 Å². The van der Waals surface area contributed by atoms with E-state index in [4.69, 9.17) is 4.98 Å². The van der Waals surface area contributed by atoms with Crippen LogP contribution >= 0.6 is 0 Å². The van der Waals surface area contributed by atoms with E-state index in [2.05, 4.69) is 6.07 Å². The number of hydrogen-bond donors (Lipinski definition) is 0. The van der Waals surface area contributed by atoms with Crippen LogP contribution in [0.1, 0.15) is 10.4 Å². The zero-order valence-electron chi connectivity index (χ0n) is 20.3. The van der Waals surface area contributed by atoms with Crippen molar-refractivity contribution < 1.29 is 4.79 Å². The monoisotopic (exact) mass is 491 g/mol. The van der Waals surface area contributed by atoms with Crippen LogP contribution in [0.4, 0.5) is 0 Å². The molecule has 5 heteroatoms. The fraction of sp³-hybridized carbons (Fsp3) is 0. The van der Waals surface area contributed by atoms with Gasteiger partial charge >= 0.3 is 0 Å². The van der Waals surface area contributed by atoms with Crippen molar-refractivity contribution in [1.82, 2.24) is 14.0 Å². The Labute approximate surface area is 217 Å². The highest BCUT2D eigenvalue weighted by molar-refractivity contribution is 6.06. The Morgan fingerprint density at radius 3 is 1.79 bits per heavy atom. The van der Waals surface area contributed by atoms with E-state index in [-0.39, 0.29) is 11.5 Å². The summed E-state index contributed by atoms with van der Waals surface area (Å²) in [4.78, 5) is 32.7. The molecule has 0 spiro atoms. The van der Waals surface area contributed by atoms with E-state index < -0.39 is 0 Å². The Morgan fingerprint density at radius 2 is 1.13 bits per heavy atom. The summed E-state index contributed by atoms with van der Waals surface area (Å²) in [7, 11) is 0. The number of hydrogen-bond acceptors (Lipinski definition) is 3. The largest absolute Gasteiger partial charge is 0.268 e. The Balaban J connectivity index is 1.52. The number of para-hydroxylation sites is 3. The smallest absolute Gasteiger partial charge is 0.267 e. The molecule has 0 fully saturated rings. The molecule has 0 saturated carbocycles. The Kier molecular flexibility index (Phi) is 5.01. The highest BCUT2D eigenvalue weighted by Gasteiger charge is 2.22. The molecule has 0 amide bonds. The summed E-state index contributed by atoms with van der Waals surface area (Å²) in [5.74, 6) is 0.0483. The lowest BCUT2D eigenvalue weighted by Gasteiger charge is -2.12. The Hall–Kier alpha value is -5.29. The number of imidazole rings is 1. The predicted molar refractivity (Wildman–Crippen MR) is 152 cm³/mol. The van der Waals surface area contributed by atoms with Gasteiger partial charge in [0.15, 0.2) is 0 Å². The van der Waals surface area contributed by atoms with Crippen LogP contribution in [-0.4, -0.2) is 19.9 Å². The number of benzene rings is 5. The molecule has 0 radical (unpaired) electrons. The van der Waals surface area contributed by atoms with Gasteiger partial charge < -0.3 is 0 Å². The van der Waals surface area contributed by atoms with Crippen LogP contribution in [0, 0.1) is 0 Å². The van der Waals surface area contributed by atoms with Gasteiger partial charge in [-0.3, -0.25) is 9.59 Å². The first-order chi connectivity index (χ1) is 18.7. The zero-order valence-corrected chi connectivity index (χ0v) is 20.3. The SMILES string of the molecule is O=C(c1cc(-c2ccccc2)cc(-c2ccccc2)c1)n1c2ccccc2n2c(=O)c3ccccc3nc12. The first-order valence-corrected chi connectivity index (χ1v) is 12.4. The van der Waals surface area contributed by atoms with Crippen LogP contribution in [0.3, 0.4) is 0 Å². The first-order valence-electron chi connectivity index (χ1n) is 12.4. The Bertz CT molecular complexity index is 2000. The molecule has 38 heavy (non-hydrogen) atoms. The average molecular weight is 492 g/mol. The maximum Gasteiger partial charge on any atom is 0.267 e. The van der Waals surface area contributed by atoms with E-state index in [9.17, 15) is 9.59 Å². The summed E-state index contributed by atoms with van der Waals surface area (Å²) < 4.78 is 3.09. The van der Waals surface area contributed by atoms with Gasteiger partial charge in [-0.2, -0.15) is 0 Å². The third-order valence-electron chi connectivity index (χ3n) is 6.92. The van der Waals surface area contributed by atoms with E-state index in [1.54, 1.807) is 16.7 Å². The van der Waals surface area contributed by atoms with Crippen LogP contribution in [0.2, 0.25) is 0 Å². The standard InChI is InChI=1S/C33H21N3O2/c37-31(26-20-24(22-11-3-1-4-12-22)19-25(21-26)23-13-5-2-6-14-23)35-29-17-9-10-18-30(29)36-32(38)27-15-7-8-16-28(27)34-33(35)36/h1-21H. The maximum atomic E-state index is 14.4. The van der Waals surface area contributed by atoms with E-state index >= 15 is 0 Å². The predicted octanol–water partition coefficient (Wildman–Crippen LogP) is 6.82. The van der Waals surface area contributed by atoms with Crippen LogP contribution in [0.5, 0.6) is 0 Å². The normalized spacial score (nSPS) is 11.4. The number of carbonyl (C=O) groups is 1. The van der Waals surface area contributed by atoms with Crippen LogP contribution in [-0.2, 0) is 0 Å². The van der Waals surface area contributed by atoms with Crippen molar-refractivity contribution in [3.05, 3.63) is 143 Å². The third kappa shape index (κ3) is 3.44. The van der Waals surface area contributed by atoms with Gasteiger partial charge in [-0.15, -0.1) is 0 Å². The minimum atomic E-state index is -0.249. The highest BCUT2D eigenvalue weighted by atomic mass is 16.2. The quantitative estimate of drug-likeness (QED) is 0.272. The fourth-order valence-electron chi connectivity index (χ4n) is 5.11. The number of aromatic nitrogens is 3. The molecule has 0 aliphatic rings. The molecule has 5 nitrogen and oxygen atoms in total. The van der Waals surface area contributed by atoms with Gasteiger partial charge in [-0.1, -0.05) is 84.9 Å². The first kappa shape index (κ1) is 21.9. The van der Waals surface area contributed by atoms with Crippen molar-refractivity contribution in [2.75, 3.05) is 0 Å². The van der Waals surface area contributed by atoms with Crippen molar-refractivity contribution >= 4 is 33.6 Å². The lowest BCUT2D eigenvalue weighted by Crippen LogP contribution is -2.18. The molecule has 0 unspecified atom stereocenters. The topological polar surface area (TPSA) is 56.4 Å². The van der Waals surface area contributed by atoms with Crippen molar-refractivity contribution in [2.45, 2.75) is 0 Å². The second-order valence-electron chi connectivity index (χ2n) is 9.23. The van der Waals surface area contributed by atoms with Crippen molar-refractivity contribution in [2.24, 2.45) is 0 Å². The van der Waals surface area contributed by atoms with E-state index in [1.807, 2.05) is 109 Å². The number of fused-ring (bicyclic) bond motifs is 4. The van der Waals surface area contributed by atoms with Gasteiger partial charge in [0.1, 0.15) is 0 Å². The lowest BCUT2D eigenvalue weighted by molar-refractivity contribution is 0.0968. The minimum Gasteiger partial charge on any atom is -0.268 e. The van der Waals surface area contributed by atoms with E-state index in [0.717, 1.165) is 22.3 Å². The van der Waals surface area contributed by atoms with Crippen LogP contribution in [0.25, 0.3) is 50.0 Å². The minimum absolute atomic E-state index is 0.198. The molecule has 5 aromatic carbocycles. The zero-order chi connectivity index (χ0) is 25.6. The van der Waals surface area contributed by atoms with Crippen molar-refractivity contribution in [3.63, 3.8) is 0 Å². The molecular formula is C33H21N3O2. The Morgan fingerprint density at radius 1 is 0.579 bits per heavy atom. The van der Waals surface area contributed by atoms with Crippen molar-refractivity contribution in [1.29, 1.82) is 0 Å². The summed E-state index contributed by atoms with van der Waals surface area (Å²) in [5.41, 5.74) is 6.04. The van der Waals surface area contributed by atoms with Crippen LogP contribution in [0.15, 0.2) is 132 Å². The summed E-state index contributed by atoms with van der Waals surface area (Å²) in [6, 6.07) is 40.6. The molecule has 7 rings (SSSR count). The third-order valence-corrected chi connectivity index (χ3v) is 6.92. The summed E-state index contributed by atoms with van der Waals surface area (Å²) >= 11 is 0. The second kappa shape index (κ2) is 8.68. The molecule has 0 saturated heterocycles. The molecule has 7 aromatic rings. The molecule has 0 aliphatic heterocycles. The summed E-state index contributed by atoms with van der Waals surface area (Å²) in [5, 5.41) is 0.512. The van der Waals surface area contributed by atoms with Crippen LogP contribution < -0.4 is 5.56 Å². The molecule has 0 N–H and O–H groups in total. The van der Waals surface area contributed by atoms with Gasteiger partial charge in [0.2, 0.25) is 5.78 Å². The van der Waals surface area contributed by atoms with Crippen molar-refractivity contribution in [3.8, 4) is 22.3 Å². The molecule has 0 bridgehead atoms. The van der Waals surface area contributed by atoms with Gasteiger partial charge in [0.25, 0.3) is 11.5 Å². The van der Waals surface area contributed by atoms with E-state index in [1.165, 1.54) is 4.40 Å². The number of rotatable bonds is 3. The van der Waals surface area contributed by atoms with E-state index in [0.29, 0.717) is 33.3 Å². The summed E-state index contributed by atoms with van der Waals surface area (Å²) in [6.45, 7) is 0. The van der Waals surface area contributed by atoms with Gasteiger partial charge in [-0.05, 0) is 64.7 Å². The molecule has 2 heterocycles. The van der Waals surface area contributed by atoms with Gasteiger partial charge in [0, 0.05) is 5.56 Å². The molecule has 180 valence electrons. The summed E-state index contributed by atoms with van der Waals surface area (Å²) in [6.07, 6.45) is 0. The van der Waals surface area contributed by atoms with Gasteiger partial charge in [-0.25, -0.2) is 14.0 Å². The second-order valence-corrected chi connectivity index (χ2v) is 9.23. The molecule has 0 aliphatic carbocycles. The molecule has 0 atom stereocenters. The lowest BCUT2D eigenvalue weighted by atomic mass is 9.96. The maximum absolute atomic E-state index is 14.4. The highest BCUT2D eigenvalue weighted by Crippen LogP contribution is 2.30. The fourth-order valence-corrected chi connectivity index (χ4v) is 5.11. The average Bonchev–Trinajstić information content (AvgIpc) is 3.32.